The summed E-state index contributed by atoms with van der Waals surface area (Å²) in [5.74, 6) is -0.389. The first kappa shape index (κ1) is 27.2. The monoisotopic (exact) mass is 559 g/mol. The van der Waals surface area contributed by atoms with E-state index in [0.717, 1.165) is 17.7 Å². The zero-order valence-corrected chi connectivity index (χ0v) is 23.1. The molecule has 0 atom stereocenters. The summed E-state index contributed by atoms with van der Waals surface area (Å²) in [6.45, 7) is 3.03. The third-order valence-corrected chi connectivity index (χ3v) is 10.7. The van der Waals surface area contributed by atoms with E-state index >= 15 is 0 Å². The summed E-state index contributed by atoms with van der Waals surface area (Å²) in [5, 5.41) is 2.75. The molecular formula is C26H29N3O5S3. The molecule has 0 unspecified atom stereocenters. The molecule has 37 heavy (non-hydrogen) atoms. The van der Waals surface area contributed by atoms with Crippen LogP contribution in [0.25, 0.3) is 0 Å². The Morgan fingerprint density at radius 1 is 0.865 bits per heavy atom. The molecule has 8 nitrogen and oxygen atoms in total. The maximum absolute atomic E-state index is 13.2. The average molecular weight is 560 g/mol. The molecular weight excluding hydrogens is 531 g/mol. The van der Waals surface area contributed by atoms with Gasteiger partial charge in [0.15, 0.2) is 0 Å². The molecule has 1 aliphatic rings. The zero-order valence-electron chi connectivity index (χ0n) is 20.6. The lowest BCUT2D eigenvalue weighted by molar-refractivity contribution is 0.102. The van der Waals surface area contributed by atoms with Gasteiger partial charge in [0.1, 0.15) is 0 Å². The first-order valence-electron chi connectivity index (χ1n) is 11.9. The van der Waals surface area contributed by atoms with Gasteiger partial charge in [0.05, 0.1) is 15.5 Å². The van der Waals surface area contributed by atoms with Crippen LogP contribution in [-0.2, 0) is 20.0 Å². The number of hydrogen-bond donors (Lipinski definition) is 1. The Balaban J connectivity index is 1.46. The highest BCUT2D eigenvalue weighted by Crippen LogP contribution is 2.26. The second-order valence-electron chi connectivity index (χ2n) is 8.48. The molecule has 1 heterocycles. The molecule has 0 spiro atoms. The van der Waals surface area contributed by atoms with Crippen molar-refractivity contribution < 1.29 is 21.6 Å². The van der Waals surface area contributed by atoms with E-state index in [9.17, 15) is 21.6 Å². The average Bonchev–Trinajstić information content (AvgIpc) is 3.46. The van der Waals surface area contributed by atoms with Crippen molar-refractivity contribution in [3.63, 3.8) is 0 Å². The lowest BCUT2D eigenvalue weighted by Gasteiger charge is -2.23. The Hall–Kier alpha value is -2.86. The van der Waals surface area contributed by atoms with Gasteiger partial charge in [-0.2, -0.15) is 4.31 Å². The number of nitrogens with one attached hydrogen (secondary N) is 1. The normalized spacial score (nSPS) is 14.4. The smallest absolute Gasteiger partial charge is 0.264 e. The van der Waals surface area contributed by atoms with Crippen LogP contribution in [0, 0.1) is 0 Å². The van der Waals surface area contributed by atoms with Crippen LogP contribution in [0.3, 0.4) is 0 Å². The van der Waals surface area contributed by atoms with Gasteiger partial charge < -0.3 is 5.32 Å². The van der Waals surface area contributed by atoms with E-state index in [1.54, 1.807) is 67.6 Å². The molecule has 11 heteroatoms. The van der Waals surface area contributed by atoms with Crippen molar-refractivity contribution in [1.82, 2.24) is 4.31 Å². The van der Waals surface area contributed by atoms with Crippen molar-refractivity contribution in [2.45, 2.75) is 34.5 Å². The first-order chi connectivity index (χ1) is 17.7. The van der Waals surface area contributed by atoms with Crippen LogP contribution in [0.5, 0.6) is 0 Å². The summed E-state index contributed by atoms with van der Waals surface area (Å²) in [7, 11) is -7.28. The van der Waals surface area contributed by atoms with Gasteiger partial charge in [-0.25, -0.2) is 16.8 Å². The number of benzene rings is 3. The summed E-state index contributed by atoms with van der Waals surface area (Å²) >= 11 is 1.54. The van der Waals surface area contributed by atoms with E-state index in [0.29, 0.717) is 30.0 Å². The van der Waals surface area contributed by atoms with Gasteiger partial charge in [0, 0.05) is 35.8 Å². The van der Waals surface area contributed by atoms with E-state index in [1.165, 1.54) is 32.5 Å². The number of hydrogen-bond acceptors (Lipinski definition) is 6. The van der Waals surface area contributed by atoms with Crippen LogP contribution in [-0.4, -0.2) is 52.9 Å². The molecule has 1 aliphatic heterocycles. The van der Waals surface area contributed by atoms with Crippen molar-refractivity contribution in [1.29, 1.82) is 0 Å². The van der Waals surface area contributed by atoms with Crippen LogP contribution >= 0.6 is 11.8 Å². The maximum Gasteiger partial charge on any atom is 0.264 e. The number of thioether (sulfide) groups is 1. The van der Waals surface area contributed by atoms with Crippen LogP contribution in [0.2, 0.25) is 0 Å². The molecule has 1 fully saturated rings. The minimum atomic E-state index is -3.76. The molecule has 196 valence electrons. The van der Waals surface area contributed by atoms with Gasteiger partial charge >= 0.3 is 0 Å². The second-order valence-corrected chi connectivity index (χ2v) is 13.2. The third kappa shape index (κ3) is 5.85. The topological polar surface area (TPSA) is 104 Å². The fourth-order valence-electron chi connectivity index (χ4n) is 4.14. The molecule has 0 aliphatic carbocycles. The molecule has 0 radical (unpaired) electrons. The molecule has 1 saturated heterocycles. The van der Waals surface area contributed by atoms with Gasteiger partial charge in [-0.1, -0.05) is 0 Å². The summed E-state index contributed by atoms with van der Waals surface area (Å²) in [4.78, 5) is 14.1. The Morgan fingerprint density at radius 2 is 1.43 bits per heavy atom. The van der Waals surface area contributed by atoms with E-state index < -0.39 is 20.0 Å². The van der Waals surface area contributed by atoms with Gasteiger partial charge in [-0.05, 0) is 98.8 Å². The molecule has 1 N–H and O–H groups in total. The van der Waals surface area contributed by atoms with Gasteiger partial charge in [-0.15, -0.1) is 11.8 Å². The molecule has 0 saturated carbocycles. The fraction of sp³-hybridized carbons (Fsp3) is 0.269. The molecule has 4 rings (SSSR count). The number of amides is 1. The fourth-order valence-corrected chi connectivity index (χ4v) is 7.54. The third-order valence-electron chi connectivity index (χ3n) is 6.17. The van der Waals surface area contributed by atoms with Crippen molar-refractivity contribution in [3.05, 3.63) is 78.4 Å². The number of rotatable bonds is 9. The van der Waals surface area contributed by atoms with Gasteiger partial charge in [0.25, 0.3) is 15.9 Å². The van der Waals surface area contributed by atoms with E-state index in [-0.39, 0.29) is 22.2 Å². The molecule has 1 amide bonds. The number of nitrogens with zero attached hydrogens (tertiary/aromatic N) is 2. The molecule has 3 aromatic carbocycles. The summed E-state index contributed by atoms with van der Waals surface area (Å²) in [6.07, 6.45) is 3.65. The van der Waals surface area contributed by atoms with E-state index in [1.807, 2.05) is 6.26 Å². The number of carbonyl (C=O) groups is 1. The van der Waals surface area contributed by atoms with E-state index in [4.69, 9.17) is 0 Å². The minimum absolute atomic E-state index is 0.195. The number of carbonyl (C=O) groups excluding carboxylic acids is 1. The minimum Gasteiger partial charge on any atom is -0.322 e. The SMILES string of the molecule is CCN(c1ccc(C(=O)Nc2ccc(S(=O)(=O)N3CCCC3)cc2)cc1)S(=O)(=O)c1ccc(SC)cc1. The Labute approximate surface area is 222 Å². The summed E-state index contributed by atoms with van der Waals surface area (Å²) < 4.78 is 54.5. The van der Waals surface area contributed by atoms with Crippen molar-refractivity contribution in [3.8, 4) is 0 Å². The van der Waals surface area contributed by atoms with Crippen LogP contribution in [0.15, 0.2) is 87.5 Å². The number of sulfonamides is 2. The second kappa shape index (κ2) is 11.3. The predicted octanol–water partition coefficient (Wildman–Crippen LogP) is 4.66. The van der Waals surface area contributed by atoms with E-state index in [2.05, 4.69) is 5.32 Å². The van der Waals surface area contributed by atoms with Crippen LogP contribution in [0.4, 0.5) is 11.4 Å². The Bertz CT molecular complexity index is 1450. The largest absolute Gasteiger partial charge is 0.322 e. The first-order valence-corrected chi connectivity index (χ1v) is 16.0. The lowest BCUT2D eigenvalue weighted by atomic mass is 10.2. The van der Waals surface area contributed by atoms with Crippen LogP contribution in [0.1, 0.15) is 30.1 Å². The summed E-state index contributed by atoms with van der Waals surface area (Å²) in [6, 6.07) is 19.1. The highest BCUT2D eigenvalue weighted by Gasteiger charge is 2.27. The number of anilines is 2. The van der Waals surface area contributed by atoms with Crippen molar-refractivity contribution in [2.75, 3.05) is 35.5 Å². The standard InChI is InChI=1S/C26H29N3O5S3/c1-3-29(37(33,34)25-16-12-23(35-2)13-17-25)22-10-6-20(7-11-22)26(30)27-21-8-14-24(15-9-21)36(31,32)28-18-4-5-19-28/h6-17H,3-5,18-19H2,1-2H3,(H,27,30). The Morgan fingerprint density at radius 3 is 1.97 bits per heavy atom. The highest BCUT2D eigenvalue weighted by molar-refractivity contribution is 7.98. The molecule has 3 aromatic rings. The maximum atomic E-state index is 13.2. The predicted molar refractivity (Wildman–Crippen MR) is 147 cm³/mol. The van der Waals surface area contributed by atoms with Crippen molar-refractivity contribution >= 4 is 49.1 Å². The lowest BCUT2D eigenvalue weighted by Crippen LogP contribution is -2.30. The van der Waals surface area contributed by atoms with Crippen molar-refractivity contribution in [2.24, 2.45) is 0 Å². The molecule has 0 bridgehead atoms. The van der Waals surface area contributed by atoms with Gasteiger partial charge in [0.2, 0.25) is 10.0 Å². The zero-order chi connectivity index (χ0) is 26.6. The van der Waals surface area contributed by atoms with Gasteiger partial charge in [-0.3, -0.25) is 9.10 Å². The highest BCUT2D eigenvalue weighted by atomic mass is 32.2. The quantitative estimate of drug-likeness (QED) is 0.383. The summed E-state index contributed by atoms with van der Waals surface area (Å²) in [5.41, 5.74) is 1.25. The van der Waals surface area contributed by atoms with Crippen LogP contribution < -0.4 is 9.62 Å². The Kier molecular flexibility index (Phi) is 8.27. The molecule has 0 aromatic heterocycles.